The van der Waals surface area contributed by atoms with Crippen molar-refractivity contribution in [2.75, 3.05) is 0 Å². The van der Waals surface area contributed by atoms with E-state index in [4.69, 9.17) is 0 Å². The smallest absolute Gasteiger partial charge is 0.230 e. The third kappa shape index (κ3) is 1.09. The first-order chi connectivity index (χ1) is 7.50. The Bertz CT molecular complexity index is 249. The fourth-order valence-corrected chi connectivity index (χ4v) is 1.38. The highest BCUT2D eigenvalue weighted by atomic mass is 19.4. The lowest BCUT2D eigenvalue weighted by Gasteiger charge is -2.51. The zero-order valence-corrected chi connectivity index (χ0v) is 8.16. The van der Waals surface area contributed by atoms with Crippen LogP contribution in [-0.2, 0) is 0 Å². The molecule has 0 aromatic rings. The lowest BCUT2D eigenvalue weighted by atomic mass is 9.73. The van der Waals surface area contributed by atoms with Crippen LogP contribution in [0.4, 0.5) is 48.3 Å². The molecule has 0 amide bonds. The normalized spacial score (nSPS) is 34.0. The molecular weight excluding hydrogens is 293 g/mol. The molecule has 0 aromatic carbocycles. The highest BCUT2D eigenvalue weighted by molar-refractivity contribution is 5.25. The summed E-state index contributed by atoms with van der Waals surface area (Å²) in [5.74, 6) is -34.4. The quantitative estimate of drug-likeness (QED) is 0.595. The van der Waals surface area contributed by atoms with Crippen LogP contribution in [0.25, 0.3) is 0 Å². The molecule has 0 bridgehead atoms. The van der Waals surface area contributed by atoms with Gasteiger partial charge in [-0.1, -0.05) is 0 Å². The Kier molecular flexibility index (Phi) is 2.58. The highest BCUT2D eigenvalue weighted by Crippen LogP contribution is 2.69. The standard InChI is InChI=1S/C7H3F11/c1-2(8)3(9,10)5(13,14)7(17,18)6(15,16)4(2,11)12/h1H3. The maximum atomic E-state index is 13.0. The van der Waals surface area contributed by atoms with Gasteiger partial charge in [0.15, 0.2) is 0 Å². The van der Waals surface area contributed by atoms with Crippen LogP contribution < -0.4 is 0 Å². The summed E-state index contributed by atoms with van der Waals surface area (Å²) >= 11 is 0. The van der Waals surface area contributed by atoms with Crippen molar-refractivity contribution in [3.63, 3.8) is 0 Å². The molecule has 0 aromatic heterocycles. The van der Waals surface area contributed by atoms with Crippen molar-refractivity contribution in [3.8, 4) is 0 Å². The minimum Gasteiger partial charge on any atom is -0.230 e. The van der Waals surface area contributed by atoms with Crippen molar-refractivity contribution in [3.05, 3.63) is 0 Å². The van der Waals surface area contributed by atoms with Gasteiger partial charge in [0.25, 0.3) is 0 Å². The predicted molar refractivity (Wildman–Crippen MR) is 34.2 cm³/mol. The largest absolute Gasteiger partial charge is 0.384 e. The van der Waals surface area contributed by atoms with E-state index in [1.165, 1.54) is 0 Å². The van der Waals surface area contributed by atoms with Crippen molar-refractivity contribution in [2.45, 2.75) is 42.2 Å². The number of rotatable bonds is 0. The molecule has 0 aliphatic heterocycles. The van der Waals surface area contributed by atoms with Gasteiger partial charge in [-0.25, -0.2) is 4.39 Å². The fourth-order valence-electron chi connectivity index (χ4n) is 1.38. The second kappa shape index (κ2) is 3.03. The maximum Gasteiger partial charge on any atom is 0.384 e. The van der Waals surface area contributed by atoms with Gasteiger partial charge in [0.1, 0.15) is 0 Å². The summed E-state index contributed by atoms with van der Waals surface area (Å²) in [6, 6.07) is 0. The van der Waals surface area contributed by atoms with E-state index in [0.717, 1.165) is 0 Å². The Labute approximate surface area is 91.7 Å². The van der Waals surface area contributed by atoms with Gasteiger partial charge in [0.05, 0.1) is 0 Å². The molecule has 0 spiro atoms. The molecule has 0 N–H and O–H groups in total. The van der Waals surface area contributed by atoms with Crippen molar-refractivity contribution in [1.82, 2.24) is 0 Å². The molecule has 1 saturated carbocycles. The minimum absolute atomic E-state index is 0.982. The van der Waals surface area contributed by atoms with Crippen LogP contribution in [0.1, 0.15) is 6.92 Å². The van der Waals surface area contributed by atoms with E-state index in [9.17, 15) is 48.3 Å². The lowest BCUT2D eigenvalue weighted by molar-refractivity contribution is -0.482. The van der Waals surface area contributed by atoms with Gasteiger partial charge in [-0.2, -0.15) is 43.9 Å². The first kappa shape index (κ1) is 15.3. The molecule has 0 atom stereocenters. The van der Waals surface area contributed by atoms with Crippen LogP contribution in [0, 0.1) is 0 Å². The van der Waals surface area contributed by atoms with E-state index in [2.05, 4.69) is 0 Å². The summed E-state index contributed by atoms with van der Waals surface area (Å²) in [6.45, 7) is -0.982. The van der Waals surface area contributed by atoms with Gasteiger partial charge in [-0.3, -0.25) is 0 Å². The Morgan fingerprint density at radius 3 is 0.778 bits per heavy atom. The number of hydrogen-bond donors (Lipinski definition) is 0. The van der Waals surface area contributed by atoms with Crippen LogP contribution in [0.3, 0.4) is 0 Å². The number of alkyl halides is 11. The Hall–Kier alpha value is -0.770. The van der Waals surface area contributed by atoms with Crippen LogP contribution in [0.15, 0.2) is 0 Å². The van der Waals surface area contributed by atoms with Gasteiger partial charge >= 0.3 is 29.6 Å². The Morgan fingerprint density at radius 2 is 0.556 bits per heavy atom. The van der Waals surface area contributed by atoms with Crippen molar-refractivity contribution in [2.24, 2.45) is 0 Å². The molecule has 108 valence electrons. The average molecular weight is 296 g/mol. The third-order valence-electron chi connectivity index (χ3n) is 2.76. The Morgan fingerprint density at radius 1 is 0.389 bits per heavy atom. The third-order valence-corrected chi connectivity index (χ3v) is 2.76. The molecular formula is C7H3F11. The maximum absolute atomic E-state index is 13.0. The first-order valence-corrected chi connectivity index (χ1v) is 4.08. The Balaban J connectivity index is 3.72. The molecule has 11 heteroatoms. The average Bonchev–Trinajstić information content (AvgIpc) is 2.14. The number of halogens is 11. The van der Waals surface area contributed by atoms with Crippen molar-refractivity contribution < 1.29 is 48.3 Å². The van der Waals surface area contributed by atoms with E-state index in [1.54, 1.807) is 0 Å². The second-order valence-electron chi connectivity index (χ2n) is 3.87. The summed E-state index contributed by atoms with van der Waals surface area (Å²) in [7, 11) is 0. The summed E-state index contributed by atoms with van der Waals surface area (Å²) in [5, 5.41) is 0. The molecule has 0 nitrogen and oxygen atoms in total. The fraction of sp³-hybridized carbons (Fsp3) is 1.00. The molecule has 1 fully saturated rings. The van der Waals surface area contributed by atoms with E-state index in [0.29, 0.717) is 0 Å². The van der Waals surface area contributed by atoms with Gasteiger partial charge in [-0.15, -0.1) is 0 Å². The SMILES string of the molecule is CC1(F)C(F)(F)C(F)(F)C(F)(F)C(F)(F)C1(F)F. The molecule has 0 unspecified atom stereocenters. The summed E-state index contributed by atoms with van der Waals surface area (Å²) in [5.41, 5.74) is -5.85. The van der Waals surface area contributed by atoms with E-state index in [1.807, 2.05) is 0 Å². The highest BCUT2D eigenvalue weighted by Gasteiger charge is 2.99. The number of hydrogen-bond acceptors (Lipinski definition) is 0. The van der Waals surface area contributed by atoms with Crippen molar-refractivity contribution in [1.29, 1.82) is 0 Å². The predicted octanol–water partition coefficient (Wildman–Crippen LogP) is 3.90. The van der Waals surface area contributed by atoms with Crippen LogP contribution >= 0.6 is 0 Å². The molecule has 1 aliphatic rings. The summed E-state index contributed by atoms with van der Waals surface area (Å²) in [6.07, 6.45) is 0. The van der Waals surface area contributed by atoms with Gasteiger partial charge < -0.3 is 0 Å². The van der Waals surface area contributed by atoms with Crippen LogP contribution in [0.5, 0.6) is 0 Å². The second-order valence-corrected chi connectivity index (χ2v) is 3.87. The van der Waals surface area contributed by atoms with E-state index < -0.39 is 42.2 Å². The van der Waals surface area contributed by atoms with Crippen LogP contribution in [-0.4, -0.2) is 35.3 Å². The molecule has 0 radical (unpaired) electrons. The van der Waals surface area contributed by atoms with E-state index >= 15 is 0 Å². The lowest BCUT2D eigenvalue weighted by Crippen LogP contribution is -2.82. The molecule has 1 rings (SSSR count). The summed E-state index contributed by atoms with van der Waals surface area (Å²) < 4.78 is 139. The van der Waals surface area contributed by atoms with Crippen molar-refractivity contribution >= 4 is 0 Å². The molecule has 0 saturated heterocycles. The van der Waals surface area contributed by atoms with E-state index in [-0.39, 0.29) is 0 Å². The zero-order chi connectivity index (χ0) is 15.0. The first-order valence-electron chi connectivity index (χ1n) is 4.08. The molecule has 0 heterocycles. The molecule has 1 aliphatic carbocycles. The van der Waals surface area contributed by atoms with Gasteiger partial charge in [0.2, 0.25) is 5.67 Å². The van der Waals surface area contributed by atoms with Gasteiger partial charge in [0, 0.05) is 0 Å². The van der Waals surface area contributed by atoms with Crippen LogP contribution in [0.2, 0.25) is 0 Å². The van der Waals surface area contributed by atoms with Gasteiger partial charge in [-0.05, 0) is 6.92 Å². The minimum atomic E-state index is -7.11. The topological polar surface area (TPSA) is 0 Å². The monoisotopic (exact) mass is 296 g/mol. The summed E-state index contributed by atoms with van der Waals surface area (Å²) in [4.78, 5) is 0. The zero-order valence-electron chi connectivity index (χ0n) is 8.16. The molecule has 18 heavy (non-hydrogen) atoms.